The van der Waals surface area contributed by atoms with Crippen LogP contribution in [0.4, 0.5) is 4.79 Å². The molecule has 0 saturated carbocycles. The molecule has 0 aromatic carbocycles. The average molecular weight is 258 g/mol. The molecule has 0 aliphatic carbocycles. The maximum atomic E-state index is 11.9. The number of carboxylic acids is 1. The molecule has 0 aromatic rings. The van der Waals surface area contributed by atoms with E-state index < -0.39 is 5.97 Å². The zero-order chi connectivity index (χ0) is 14.1. The summed E-state index contributed by atoms with van der Waals surface area (Å²) >= 11 is 0. The molecule has 106 valence electrons. The van der Waals surface area contributed by atoms with Crippen molar-refractivity contribution >= 4 is 12.0 Å². The summed E-state index contributed by atoms with van der Waals surface area (Å²) in [6.45, 7) is 6.02. The lowest BCUT2D eigenvalue weighted by Crippen LogP contribution is -2.45. The fourth-order valence-corrected chi connectivity index (χ4v) is 1.76. The van der Waals surface area contributed by atoms with Crippen LogP contribution >= 0.6 is 0 Å². The molecule has 0 aliphatic rings. The average Bonchev–Trinajstić information content (AvgIpc) is 2.27. The molecule has 0 aromatic heterocycles. The summed E-state index contributed by atoms with van der Waals surface area (Å²) in [7, 11) is 1.79. The molecule has 0 saturated heterocycles. The lowest BCUT2D eigenvalue weighted by Gasteiger charge is -2.26. The number of rotatable bonds is 8. The normalized spacial score (nSPS) is 13.8. The van der Waals surface area contributed by atoms with Crippen LogP contribution in [0, 0.1) is 0 Å². The van der Waals surface area contributed by atoms with Crippen LogP contribution in [0.5, 0.6) is 0 Å². The molecule has 0 fully saturated rings. The molecule has 0 heterocycles. The van der Waals surface area contributed by atoms with Gasteiger partial charge in [0.25, 0.3) is 0 Å². The van der Waals surface area contributed by atoms with Crippen LogP contribution in [0.25, 0.3) is 0 Å². The van der Waals surface area contributed by atoms with E-state index in [1.807, 2.05) is 13.8 Å². The number of aliphatic carboxylic acids is 1. The Morgan fingerprint density at radius 1 is 1.28 bits per heavy atom. The van der Waals surface area contributed by atoms with Crippen LogP contribution in [-0.2, 0) is 4.79 Å². The van der Waals surface area contributed by atoms with E-state index in [1.165, 1.54) is 0 Å². The lowest BCUT2D eigenvalue weighted by atomic mass is 10.1. The zero-order valence-electron chi connectivity index (χ0n) is 11.9. The van der Waals surface area contributed by atoms with E-state index in [1.54, 1.807) is 11.9 Å². The van der Waals surface area contributed by atoms with E-state index in [0.717, 1.165) is 12.8 Å². The Hall–Kier alpha value is -1.26. The first kappa shape index (κ1) is 16.7. The fourth-order valence-electron chi connectivity index (χ4n) is 1.76. The summed E-state index contributed by atoms with van der Waals surface area (Å²) < 4.78 is 0. The molecule has 0 aliphatic heterocycles. The molecule has 0 rings (SSSR count). The van der Waals surface area contributed by atoms with Crippen molar-refractivity contribution < 1.29 is 14.7 Å². The number of nitrogens with zero attached hydrogens (tertiary/aromatic N) is 1. The first-order valence-electron chi connectivity index (χ1n) is 6.63. The van der Waals surface area contributed by atoms with E-state index in [0.29, 0.717) is 12.8 Å². The van der Waals surface area contributed by atoms with Crippen molar-refractivity contribution in [1.82, 2.24) is 10.2 Å². The Morgan fingerprint density at radius 3 is 2.39 bits per heavy atom. The van der Waals surface area contributed by atoms with Crippen LogP contribution in [-0.4, -0.2) is 41.1 Å². The SMILES string of the molecule is CCCC(C)N(C)C(=O)NC(C)CCCC(=O)O. The molecule has 18 heavy (non-hydrogen) atoms. The minimum absolute atomic E-state index is 0.00752. The van der Waals surface area contributed by atoms with Gasteiger partial charge in [0.2, 0.25) is 0 Å². The highest BCUT2D eigenvalue weighted by Gasteiger charge is 2.16. The summed E-state index contributed by atoms with van der Waals surface area (Å²) in [4.78, 5) is 23.9. The quantitative estimate of drug-likeness (QED) is 0.702. The van der Waals surface area contributed by atoms with Crippen molar-refractivity contribution in [1.29, 1.82) is 0 Å². The Bertz CT molecular complexity index is 269. The molecule has 0 radical (unpaired) electrons. The van der Waals surface area contributed by atoms with Gasteiger partial charge in [-0.2, -0.15) is 0 Å². The summed E-state index contributed by atoms with van der Waals surface area (Å²) in [5.41, 5.74) is 0. The summed E-state index contributed by atoms with van der Waals surface area (Å²) in [6, 6.07) is 0.146. The Labute approximate surface area is 110 Å². The van der Waals surface area contributed by atoms with Crippen LogP contribution < -0.4 is 5.32 Å². The van der Waals surface area contributed by atoms with E-state index in [4.69, 9.17) is 5.11 Å². The van der Waals surface area contributed by atoms with Gasteiger partial charge in [-0.25, -0.2) is 4.79 Å². The van der Waals surface area contributed by atoms with Gasteiger partial charge < -0.3 is 15.3 Å². The van der Waals surface area contributed by atoms with Gasteiger partial charge in [-0.05, 0) is 33.1 Å². The number of amides is 2. The van der Waals surface area contributed by atoms with Gasteiger partial charge >= 0.3 is 12.0 Å². The van der Waals surface area contributed by atoms with Crippen molar-refractivity contribution in [2.75, 3.05) is 7.05 Å². The van der Waals surface area contributed by atoms with Crippen molar-refractivity contribution in [2.45, 2.75) is 65.0 Å². The summed E-state index contributed by atoms with van der Waals surface area (Å²) in [5.74, 6) is -0.790. The van der Waals surface area contributed by atoms with Gasteiger partial charge in [-0.1, -0.05) is 13.3 Å². The lowest BCUT2D eigenvalue weighted by molar-refractivity contribution is -0.137. The number of carbonyl (C=O) groups is 2. The van der Waals surface area contributed by atoms with Crippen LogP contribution in [0.2, 0.25) is 0 Å². The molecule has 5 nitrogen and oxygen atoms in total. The smallest absolute Gasteiger partial charge is 0.317 e. The third-order valence-corrected chi connectivity index (χ3v) is 3.09. The topological polar surface area (TPSA) is 69.6 Å². The van der Waals surface area contributed by atoms with Crippen LogP contribution in [0.3, 0.4) is 0 Å². The van der Waals surface area contributed by atoms with E-state index in [9.17, 15) is 9.59 Å². The Morgan fingerprint density at radius 2 is 1.89 bits per heavy atom. The molecule has 2 amide bonds. The molecule has 5 heteroatoms. The number of carboxylic acid groups (broad SMARTS) is 1. The monoisotopic (exact) mass is 258 g/mol. The van der Waals surface area contributed by atoms with Gasteiger partial charge in [0.1, 0.15) is 0 Å². The standard InChI is InChI=1S/C13H26N2O3/c1-5-7-11(3)15(4)13(18)14-10(2)8-6-9-12(16)17/h10-11H,5-9H2,1-4H3,(H,14,18)(H,16,17). The van der Waals surface area contributed by atoms with Gasteiger partial charge in [-0.15, -0.1) is 0 Å². The van der Waals surface area contributed by atoms with Gasteiger partial charge in [0.15, 0.2) is 0 Å². The highest BCUT2D eigenvalue weighted by atomic mass is 16.4. The number of hydrogen-bond donors (Lipinski definition) is 2. The highest BCUT2D eigenvalue weighted by molar-refractivity contribution is 5.74. The van der Waals surface area contributed by atoms with Gasteiger partial charge in [0, 0.05) is 25.6 Å². The van der Waals surface area contributed by atoms with E-state index >= 15 is 0 Å². The predicted molar refractivity (Wildman–Crippen MR) is 71.6 cm³/mol. The number of carbonyl (C=O) groups excluding carboxylic acids is 1. The van der Waals surface area contributed by atoms with Crippen molar-refractivity contribution in [3.8, 4) is 0 Å². The Balaban J connectivity index is 3.95. The van der Waals surface area contributed by atoms with Crippen LogP contribution in [0.15, 0.2) is 0 Å². The second-order valence-corrected chi connectivity index (χ2v) is 4.89. The maximum absolute atomic E-state index is 11.9. The molecule has 2 unspecified atom stereocenters. The molecule has 2 atom stereocenters. The summed E-state index contributed by atoms with van der Waals surface area (Å²) in [5, 5.41) is 11.4. The Kier molecular flexibility index (Phi) is 8.16. The summed E-state index contributed by atoms with van der Waals surface area (Å²) in [6.07, 6.45) is 3.46. The highest BCUT2D eigenvalue weighted by Crippen LogP contribution is 2.06. The largest absolute Gasteiger partial charge is 0.481 e. The first-order chi connectivity index (χ1) is 8.38. The molecular weight excluding hydrogens is 232 g/mol. The second-order valence-electron chi connectivity index (χ2n) is 4.89. The van der Waals surface area contributed by atoms with Gasteiger partial charge in [-0.3, -0.25) is 4.79 Å². The predicted octanol–water partition coefficient (Wildman–Crippen LogP) is 2.46. The van der Waals surface area contributed by atoms with Crippen molar-refractivity contribution in [3.63, 3.8) is 0 Å². The number of hydrogen-bond acceptors (Lipinski definition) is 2. The zero-order valence-corrected chi connectivity index (χ0v) is 11.9. The van der Waals surface area contributed by atoms with Crippen molar-refractivity contribution in [3.05, 3.63) is 0 Å². The van der Waals surface area contributed by atoms with Crippen LogP contribution in [0.1, 0.15) is 52.9 Å². The second kappa shape index (κ2) is 8.78. The third kappa shape index (κ3) is 7.14. The fraction of sp³-hybridized carbons (Fsp3) is 0.846. The molecular formula is C13H26N2O3. The number of urea groups is 1. The van der Waals surface area contributed by atoms with Crippen molar-refractivity contribution in [2.24, 2.45) is 0 Å². The van der Waals surface area contributed by atoms with E-state index in [2.05, 4.69) is 12.2 Å². The van der Waals surface area contributed by atoms with E-state index in [-0.39, 0.29) is 24.5 Å². The molecule has 0 bridgehead atoms. The molecule has 0 spiro atoms. The minimum Gasteiger partial charge on any atom is -0.481 e. The number of nitrogens with one attached hydrogen (secondary N) is 1. The first-order valence-corrected chi connectivity index (χ1v) is 6.63. The minimum atomic E-state index is -0.790. The molecule has 2 N–H and O–H groups in total. The third-order valence-electron chi connectivity index (χ3n) is 3.09. The van der Waals surface area contributed by atoms with Gasteiger partial charge in [0.05, 0.1) is 0 Å². The maximum Gasteiger partial charge on any atom is 0.317 e.